The van der Waals surface area contributed by atoms with Crippen molar-refractivity contribution in [1.29, 1.82) is 0 Å². The molecule has 3 aromatic rings. The Bertz CT molecular complexity index is 983. The third-order valence-electron chi connectivity index (χ3n) is 3.87. The summed E-state index contributed by atoms with van der Waals surface area (Å²) < 4.78 is 34.0. The fraction of sp³-hybridized carbons (Fsp3) is 0.167. The molecule has 0 aliphatic carbocycles. The highest BCUT2D eigenvalue weighted by molar-refractivity contribution is 9.10. The zero-order valence-corrected chi connectivity index (χ0v) is 15.4. The Balaban J connectivity index is 2.36. The fourth-order valence-electron chi connectivity index (χ4n) is 2.66. The molecule has 2 aromatic carbocycles. The molecule has 0 fully saturated rings. The van der Waals surface area contributed by atoms with Crippen LogP contribution in [0.3, 0.4) is 0 Å². The summed E-state index contributed by atoms with van der Waals surface area (Å²) in [6.45, 7) is 0. The van der Waals surface area contributed by atoms with Gasteiger partial charge in [0.15, 0.2) is 5.76 Å². The Labute approximate surface area is 151 Å². The number of hydrogen-bond acceptors (Lipinski definition) is 3. The lowest BCUT2D eigenvalue weighted by Gasteiger charge is -2.14. The van der Waals surface area contributed by atoms with Crippen molar-refractivity contribution in [2.75, 3.05) is 26.0 Å². The van der Waals surface area contributed by atoms with Crippen molar-refractivity contribution >= 4 is 38.5 Å². The fourth-order valence-corrected chi connectivity index (χ4v) is 3.36. The minimum Gasteiger partial charge on any atom is -0.455 e. The van der Waals surface area contributed by atoms with Crippen LogP contribution >= 0.6 is 15.9 Å². The van der Waals surface area contributed by atoms with E-state index in [0.29, 0.717) is 11.0 Å². The van der Waals surface area contributed by atoms with E-state index in [1.165, 1.54) is 13.1 Å². The van der Waals surface area contributed by atoms with Crippen LogP contribution in [0.15, 0.2) is 39.2 Å². The highest BCUT2D eigenvalue weighted by atomic mass is 79.9. The summed E-state index contributed by atoms with van der Waals surface area (Å²) in [5.74, 6) is -1.84. The average molecular weight is 409 g/mol. The summed E-state index contributed by atoms with van der Waals surface area (Å²) >= 11 is 3.47. The molecule has 0 aliphatic heterocycles. The lowest BCUT2D eigenvalue weighted by atomic mass is 10.0. The van der Waals surface area contributed by atoms with E-state index in [9.17, 15) is 13.6 Å². The van der Waals surface area contributed by atoms with Gasteiger partial charge in [-0.15, -0.1) is 0 Å². The molecule has 7 heteroatoms. The van der Waals surface area contributed by atoms with Crippen LogP contribution < -0.4 is 10.2 Å². The first-order chi connectivity index (χ1) is 11.8. The molecule has 130 valence electrons. The first-order valence-corrected chi connectivity index (χ1v) is 8.23. The Morgan fingerprint density at radius 2 is 1.92 bits per heavy atom. The van der Waals surface area contributed by atoms with Gasteiger partial charge in [-0.1, -0.05) is 0 Å². The highest BCUT2D eigenvalue weighted by Crippen LogP contribution is 2.39. The molecule has 0 bridgehead atoms. The topological polar surface area (TPSA) is 45.5 Å². The van der Waals surface area contributed by atoms with Crippen LogP contribution in [0.25, 0.3) is 22.3 Å². The van der Waals surface area contributed by atoms with E-state index in [4.69, 9.17) is 4.42 Å². The van der Waals surface area contributed by atoms with Gasteiger partial charge in [0, 0.05) is 43.1 Å². The Morgan fingerprint density at radius 1 is 1.20 bits per heavy atom. The van der Waals surface area contributed by atoms with Gasteiger partial charge in [0.2, 0.25) is 0 Å². The van der Waals surface area contributed by atoms with Crippen LogP contribution in [-0.4, -0.2) is 27.1 Å². The van der Waals surface area contributed by atoms with Crippen molar-refractivity contribution in [3.8, 4) is 11.3 Å². The predicted molar refractivity (Wildman–Crippen MR) is 97.0 cm³/mol. The third kappa shape index (κ3) is 3.00. The minimum absolute atomic E-state index is 0.0266. The van der Waals surface area contributed by atoms with Gasteiger partial charge in [0.1, 0.15) is 17.2 Å². The van der Waals surface area contributed by atoms with Crippen LogP contribution in [0.1, 0.15) is 10.4 Å². The van der Waals surface area contributed by atoms with Gasteiger partial charge in [-0.3, -0.25) is 4.79 Å². The second-order valence-corrected chi connectivity index (χ2v) is 6.56. The van der Waals surface area contributed by atoms with Crippen molar-refractivity contribution in [2.45, 2.75) is 0 Å². The summed E-state index contributed by atoms with van der Waals surface area (Å²) in [7, 11) is 5.22. The second kappa shape index (κ2) is 6.48. The van der Waals surface area contributed by atoms with Gasteiger partial charge in [-0.05, 0) is 34.1 Å². The number of carbonyl (C=O) groups is 1. The molecule has 1 amide bonds. The van der Waals surface area contributed by atoms with Crippen molar-refractivity contribution in [3.63, 3.8) is 0 Å². The zero-order valence-electron chi connectivity index (χ0n) is 13.8. The second-order valence-electron chi connectivity index (χ2n) is 5.70. The van der Waals surface area contributed by atoms with Gasteiger partial charge < -0.3 is 14.6 Å². The SMILES string of the molecule is CNC(=O)c1c(-c2ccc(F)cc2F)oc2cc(N(C)C)c(Br)cc12. The van der Waals surface area contributed by atoms with Crippen LogP contribution in [-0.2, 0) is 0 Å². The maximum atomic E-state index is 14.2. The van der Waals surface area contributed by atoms with Gasteiger partial charge in [0.25, 0.3) is 5.91 Å². The van der Waals surface area contributed by atoms with Crippen LogP contribution in [0, 0.1) is 11.6 Å². The largest absolute Gasteiger partial charge is 0.455 e. The summed E-state index contributed by atoms with van der Waals surface area (Å²) in [6.07, 6.45) is 0. The summed E-state index contributed by atoms with van der Waals surface area (Å²) in [5.41, 5.74) is 1.51. The molecule has 25 heavy (non-hydrogen) atoms. The van der Waals surface area contributed by atoms with E-state index in [0.717, 1.165) is 22.3 Å². The van der Waals surface area contributed by atoms with Crippen LogP contribution in [0.5, 0.6) is 0 Å². The first kappa shape index (κ1) is 17.4. The standard InChI is InChI=1S/C18H15BrF2N2O2/c1-22-18(24)16-11-7-12(19)14(23(2)3)8-15(11)25-17(16)10-5-4-9(20)6-13(10)21/h4-8H,1-3H3,(H,22,24). The van der Waals surface area contributed by atoms with Crippen LogP contribution in [0.4, 0.5) is 14.5 Å². The van der Waals surface area contributed by atoms with E-state index in [1.54, 1.807) is 12.1 Å². The Morgan fingerprint density at radius 3 is 2.52 bits per heavy atom. The average Bonchev–Trinajstić information content (AvgIpc) is 2.91. The number of furan rings is 1. The molecule has 0 aliphatic rings. The number of nitrogens with zero attached hydrogens (tertiary/aromatic N) is 1. The van der Waals surface area contributed by atoms with Gasteiger partial charge in [-0.2, -0.15) is 0 Å². The molecule has 0 unspecified atom stereocenters. The number of nitrogens with one attached hydrogen (secondary N) is 1. The number of benzene rings is 2. The number of halogens is 3. The van der Waals surface area contributed by atoms with Gasteiger partial charge >= 0.3 is 0 Å². The van der Waals surface area contributed by atoms with Gasteiger partial charge in [-0.25, -0.2) is 8.78 Å². The molecule has 3 rings (SSSR count). The maximum absolute atomic E-state index is 14.2. The zero-order chi connectivity index (χ0) is 18.3. The minimum atomic E-state index is -0.795. The molecule has 0 saturated heterocycles. The van der Waals surface area contributed by atoms with Crippen molar-refractivity contribution in [3.05, 3.63) is 52.0 Å². The normalized spacial score (nSPS) is 11.0. The lowest BCUT2D eigenvalue weighted by Crippen LogP contribution is -2.18. The Kier molecular flexibility index (Phi) is 4.51. The molecule has 0 saturated carbocycles. The van der Waals surface area contributed by atoms with E-state index in [-0.39, 0.29) is 16.9 Å². The smallest absolute Gasteiger partial charge is 0.255 e. The Hall–Kier alpha value is -2.41. The molecule has 1 heterocycles. The first-order valence-electron chi connectivity index (χ1n) is 7.44. The summed E-state index contributed by atoms with van der Waals surface area (Å²) in [5, 5.41) is 3.07. The van der Waals surface area contributed by atoms with E-state index in [2.05, 4.69) is 21.2 Å². The van der Waals surface area contributed by atoms with Gasteiger partial charge in [0.05, 0.1) is 16.8 Å². The highest BCUT2D eigenvalue weighted by Gasteiger charge is 2.24. The van der Waals surface area contributed by atoms with E-state index in [1.807, 2.05) is 19.0 Å². The number of fused-ring (bicyclic) bond motifs is 1. The number of carbonyl (C=O) groups excluding carboxylic acids is 1. The number of amides is 1. The molecular formula is C18H15BrF2N2O2. The number of rotatable bonds is 3. The quantitative estimate of drug-likeness (QED) is 0.690. The van der Waals surface area contributed by atoms with Crippen molar-refractivity contribution < 1.29 is 18.0 Å². The molecule has 0 atom stereocenters. The van der Waals surface area contributed by atoms with E-state index < -0.39 is 17.5 Å². The monoisotopic (exact) mass is 408 g/mol. The van der Waals surface area contributed by atoms with Crippen molar-refractivity contribution in [1.82, 2.24) is 5.32 Å². The molecule has 1 aromatic heterocycles. The van der Waals surface area contributed by atoms with Crippen molar-refractivity contribution in [2.24, 2.45) is 0 Å². The third-order valence-corrected chi connectivity index (χ3v) is 4.50. The molecule has 1 N–H and O–H groups in total. The molecule has 4 nitrogen and oxygen atoms in total. The molecular weight excluding hydrogens is 394 g/mol. The number of anilines is 1. The molecule has 0 radical (unpaired) electrons. The predicted octanol–water partition coefficient (Wildman–Crippen LogP) is 4.57. The molecule has 0 spiro atoms. The van der Waals surface area contributed by atoms with Crippen LogP contribution in [0.2, 0.25) is 0 Å². The summed E-state index contributed by atoms with van der Waals surface area (Å²) in [6, 6.07) is 6.66. The lowest BCUT2D eigenvalue weighted by molar-refractivity contribution is 0.0964. The summed E-state index contributed by atoms with van der Waals surface area (Å²) in [4.78, 5) is 14.3. The maximum Gasteiger partial charge on any atom is 0.255 e. The number of hydrogen-bond donors (Lipinski definition) is 1. The van der Waals surface area contributed by atoms with E-state index >= 15 is 0 Å².